The summed E-state index contributed by atoms with van der Waals surface area (Å²) in [6, 6.07) is -9.37. The van der Waals surface area contributed by atoms with E-state index in [-0.39, 0.29) is 11.5 Å². The maximum atomic E-state index is 13.0. The van der Waals surface area contributed by atoms with Crippen LogP contribution in [0.3, 0.4) is 0 Å². The summed E-state index contributed by atoms with van der Waals surface area (Å²) in [5, 5.41) is 32.6. The fourth-order valence-corrected chi connectivity index (χ4v) is 3.60. The lowest BCUT2D eigenvalue weighted by molar-refractivity contribution is -0.141. The number of aliphatic hydroxyl groups excluding tert-OH is 1. The number of amides is 7. The Hall–Kier alpha value is -3.62. The highest BCUT2D eigenvalue weighted by Gasteiger charge is 2.34. The number of carboxylic acid groups (broad SMARTS) is 1. The van der Waals surface area contributed by atoms with Crippen LogP contribution in [0.2, 0.25) is 0 Å². The third kappa shape index (κ3) is 13.9. The van der Waals surface area contributed by atoms with E-state index in [2.05, 4.69) is 57.2 Å². The van der Waals surface area contributed by atoms with Gasteiger partial charge in [0, 0.05) is 11.5 Å². The van der Waals surface area contributed by atoms with Gasteiger partial charge in [-0.2, -0.15) is 25.3 Å². The van der Waals surface area contributed by atoms with Gasteiger partial charge in [0.1, 0.15) is 36.3 Å². The van der Waals surface area contributed by atoms with Crippen LogP contribution in [0.5, 0.6) is 0 Å². The fourth-order valence-electron chi connectivity index (χ4n) is 3.09. The average molecular weight is 653 g/mol. The molecular weight excluding hydrogens is 612 g/mol. The van der Waals surface area contributed by atoms with Gasteiger partial charge < -0.3 is 53.6 Å². The molecule has 12 N–H and O–H groups in total. The minimum atomic E-state index is -1.69. The average Bonchev–Trinajstić information content (AvgIpc) is 2.91. The molecular formula is C23H40N8O10S2. The zero-order valence-electron chi connectivity index (χ0n) is 23.9. The van der Waals surface area contributed by atoms with Crippen molar-refractivity contribution in [1.29, 1.82) is 0 Å². The molecule has 43 heavy (non-hydrogen) atoms. The van der Waals surface area contributed by atoms with Gasteiger partial charge in [0.05, 0.1) is 18.6 Å². The molecule has 0 radical (unpaired) electrons. The number of rotatable bonds is 18. The summed E-state index contributed by atoms with van der Waals surface area (Å²) in [5.74, 6) is -8.21. The minimum Gasteiger partial charge on any atom is -0.480 e. The molecule has 18 nitrogen and oxygen atoms in total. The number of nitrogens with two attached hydrogens (primary N) is 2. The first-order valence-electron chi connectivity index (χ1n) is 12.8. The van der Waals surface area contributed by atoms with Gasteiger partial charge in [-0.3, -0.25) is 33.6 Å². The summed E-state index contributed by atoms with van der Waals surface area (Å²) < 4.78 is 0. The first kappa shape index (κ1) is 39.4. The van der Waals surface area contributed by atoms with Gasteiger partial charge in [0.15, 0.2) is 0 Å². The molecule has 0 saturated heterocycles. The SMILES string of the molecule is C[C@H](N)C(=O)N[C@@H](CS)C(=O)N[C@@H](CC(N)=O)C(=O)N[C@H](C(=O)N[C@@H](C)C(=O)N[C@@H](C)C(=O)N[C@@H](CS)C(=O)O)[C@@H](C)O. The fraction of sp³-hybridized carbons (Fsp3) is 0.652. The van der Waals surface area contributed by atoms with E-state index in [4.69, 9.17) is 16.6 Å². The highest BCUT2D eigenvalue weighted by molar-refractivity contribution is 7.80. The Kier molecular flexibility index (Phi) is 17.2. The Labute approximate surface area is 258 Å². The van der Waals surface area contributed by atoms with Crippen molar-refractivity contribution in [1.82, 2.24) is 31.9 Å². The second-order valence-corrected chi connectivity index (χ2v) is 10.3. The molecule has 0 aromatic carbocycles. The predicted molar refractivity (Wildman–Crippen MR) is 157 cm³/mol. The lowest BCUT2D eigenvalue weighted by Gasteiger charge is -2.27. The smallest absolute Gasteiger partial charge is 0.327 e. The second-order valence-electron chi connectivity index (χ2n) is 9.53. The van der Waals surface area contributed by atoms with Crippen molar-refractivity contribution in [3.05, 3.63) is 0 Å². The molecule has 0 fully saturated rings. The van der Waals surface area contributed by atoms with Crippen LogP contribution in [-0.4, -0.2) is 117 Å². The van der Waals surface area contributed by atoms with Crippen LogP contribution in [0, 0.1) is 0 Å². The number of carbonyl (C=O) groups excluding carboxylic acids is 7. The van der Waals surface area contributed by atoms with E-state index in [1.807, 2.05) is 0 Å². The Balaban J connectivity index is 5.49. The van der Waals surface area contributed by atoms with E-state index in [1.54, 1.807) is 0 Å². The maximum absolute atomic E-state index is 13.0. The van der Waals surface area contributed by atoms with E-state index in [9.17, 15) is 43.5 Å². The van der Waals surface area contributed by atoms with Crippen molar-refractivity contribution >= 4 is 72.6 Å². The lowest BCUT2D eigenvalue weighted by Crippen LogP contribution is -2.61. The maximum Gasteiger partial charge on any atom is 0.327 e. The molecule has 8 atom stereocenters. The van der Waals surface area contributed by atoms with E-state index in [0.29, 0.717) is 0 Å². The van der Waals surface area contributed by atoms with E-state index in [0.717, 1.165) is 6.92 Å². The zero-order valence-corrected chi connectivity index (χ0v) is 25.7. The van der Waals surface area contributed by atoms with Crippen LogP contribution in [0.25, 0.3) is 0 Å². The van der Waals surface area contributed by atoms with Gasteiger partial charge in [-0.05, 0) is 27.7 Å². The molecule has 20 heteroatoms. The third-order valence-corrected chi connectivity index (χ3v) is 6.36. The van der Waals surface area contributed by atoms with Gasteiger partial charge in [0.25, 0.3) is 0 Å². The van der Waals surface area contributed by atoms with Gasteiger partial charge in [-0.1, -0.05) is 0 Å². The summed E-state index contributed by atoms with van der Waals surface area (Å²) in [5.41, 5.74) is 10.7. The molecule has 0 saturated carbocycles. The summed E-state index contributed by atoms with van der Waals surface area (Å²) in [6.45, 7) is 5.02. The number of primary amides is 1. The minimum absolute atomic E-state index is 0.204. The van der Waals surface area contributed by atoms with Crippen LogP contribution in [-0.2, 0) is 38.4 Å². The number of hydrogen-bond donors (Lipinski definition) is 12. The largest absolute Gasteiger partial charge is 0.480 e. The van der Waals surface area contributed by atoms with Gasteiger partial charge in [-0.15, -0.1) is 0 Å². The van der Waals surface area contributed by atoms with Crippen LogP contribution in [0.15, 0.2) is 0 Å². The number of carboxylic acids is 1. The Morgan fingerprint density at radius 3 is 1.47 bits per heavy atom. The Morgan fingerprint density at radius 2 is 1.05 bits per heavy atom. The monoisotopic (exact) mass is 652 g/mol. The number of carbonyl (C=O) groups is 8. The second kappa shape index (κ2) is 18.8. The summed E-state index contributed by atoms with van der Waals surface area (Å²) in [7, 11) is 0. The number of aliphatic hydroxyl groups is 1. The molecule has 7 amide bonds. The quantitative estimate of drug-likeness (QED) is 0.0620. The molecule has 244 valence electrons. The number of nitrogens with one attached hydrogen (secondary N) is 6. The molecule has 0 aliphatic heterocycles. The van der Waals surface area contributed by atoms with E-state index in [1.165, 1.54) is 20.8 Å². The van der Waals surface area contributed by atoms with Crippen LogP contribution in [0.4, 0.5) is 0 Å². The number of hydrogen-bond acceptors (Lipinski definition) is 12. The van der Waals surface area contributed by atoms with Crippen molar-refractivity contribution in [3.8, 4) is 0 Å². The zero-order chi connectivity index (χ0) is 33.6. The summed E-state index contributed by atoms with van der Waals surface area (Å²) >= 11 is 7.81. The Bertz CT molecular complexity index is 1060. The van der Waals surface area contributed by atoms with E-state index < -0.39 is 102 Å². The molecule has 0 rings (SSSR count). The molecule has 0 aliphatic carbocycles. The summed E-state index contributed by atoms with van der Waals surface area (Å²) in [6.07, 6.45) is -2.26. The molecule has 0 spiro atoms. The predicted octanol–water partition coefficient (Wildman–Crippen LogP) is -5.52. The molecule has 0 bridgehead atoms. The highest BCUT2D eigenvalue weighted by Crippen LogP contribution is 2.02. The topological polar surface area (TPSA) is 301 Å². The van der Waals surface area contributed by atoms with Crippen LogP contribution in [0.1, 0.15) is 34.1 Å². The van der Waals surface area contributed by atoms with Crippen molar-refractivity contribution in [2.45, 2.75) is 82.5 Å². The lowest BCUT2D eigenvalue weighted by atomic mass is 10.1. The van der Waals surface area contributed by atoms with Crippen molar-refractivity contribution < 1.29 is 48.6 Å². The first-order valence-corrected chi connectivity index (χ1v) is 14.1. The molecule has 0 heterocycles. The number of thiol groups is 2. The summed E-state index contributed by atoms with van der Waals surface area (Å²) in [4.78, 5) is 97.7. The van der Waals surface area contributed by atoms with Gasteiger partial charge >= 0.3 is 5.97 Å². The van der Waals surface area contributed by atoms with Crippen LogP contribution >= 0.6 is 25.3 Å². The standard InChI is InChI=1S/C23H40N8O10S2/c1-8(24)17(34)29-13(6-42)21(38)28-12(5-15(25)33)20(37)31-16(11(4)32)22(39)27-9(2)18(35)26-10(3)19(36)30-14(7-43)23(40)41/h8-14,16,32,42-43H,5-7,24H2,1-4H3,(H2,25,33)(H,26,35)(H,27,39)(H,28,38)(H,29,34)(H,30,36)(H,31,37)(H,40,41)/t8-,9-,10-,11+,12-,13-,14-,16-/m0/s1. The Morgan fingerprint density at radius 1 is 0.628 bits per heavy atom. The van der Waals surface area contributed by atoms with Crippen LogP contribution < -0.4 is 43.4 Å². The van der Waals surface area contributed by atoms with Gasteiger partial charge in [-0.25, -0.2) is 4.79 Å². The highest BCUT2D eigenvalue weighted by atomic mass is 32.1. The van der Waals surface area contributed by atoms with Crippen molar-refractivity contribution in [2.75, 3.05) is 11.5 Å². The third-order valence-electron chi connectivity index (χ3n) is 5.63. The normalized spacial score (nSPS) is 16.4. The van der Waals surface area contributed by atoms with Gasteiger partial charge in [0.2, 0.25) is 41.4 Å². The van der Waals surface area contributed by atoms with Crippen molar-refractivity contribution in [2.24, 2.45) is 11.5 Å². The number of aliphatic carboxylic acids is 1. The first-order chi connectivity index (χ1) is 19.9. The molecule has 0 aromatic rings. The molecule has 0 aliphatic rings. The van der Waals surface area contributed by atoms with E-state index >= 15 is 0 Å². The molecule has 0 aromatic heterocycles. The molecule has 0 unspecified atom stereocenters. The van der Waals surface area contributed by atoms with Crippen molar-refractivity contribution in [3.63, 3.8) is 0 Å².